The zero-order valence-corrected chi connectivity index (χ0v) is 25.4. The van der Waals surface area contributed by atoms with Gasteiger partial charge in [-0.15, -0.1) is 0 Å². The van der Waals surface area contributed by atoms with Crippen LogP contribution in [-0.4, -0.2) is 59.1 Å². The summed E-state index contributed by atoms with van der Waals surface area (Å²) in [7, 11) is -3.93. The highest BCUT2D eigenvalue weighted by atomic mass is 32.2. The summed E-state index contributed by atoms with van der Waals surface area (Å²) in [6.07, 6.45) is 11.1. The van der Waals surface area contributed by atoms with Gasteiger partial charge in [-0.3, -0.25) is 4.79 Å². The Morgan fingerprint density at radius 1 is 1.05 bits per heavy atom. The fourth-order valence-electron chi connectivity index (χ4n) is 10.2. The molecule has 11 atom stereocenters. The first-order valence-corrected chi connectivity index (χ1v) is 17.1. The lowest BCUT2D eigenvalue weighted by atomic mass is 9.41. The van der Waals surface area contributed by atoms with E-state index in [9.17, 15) is 23.4 Å². The molecule has 224 valence electrons. The van der Waals surface area contributed by atoms with Crippen LogP contribution in [0.1, 0.15) is 85.5 Å². The Labute approximate surface area is 239 Å². The molecule has 8 nitrogen and oxygen atoms in total. The second-order valence-corrected chi connectivity index (χ2v) is 15.8. The summed E-state index contributed by atoms with van der Waals surface area (Å²) in [6.45, 7) is 9.53. The summed E-state index contributed by atoms with van der Waals surface area (Å²) in [5, 5.41) is 22.0. The molecule has 4 aliphatic carbocycles. The van der Waals surface area contributed by atoms with E-state index in [4.69, 9.17) is 4.74 Å². The predicted molar refractivity (Wildman–Crippen MR) is 151 cm³/mol. The van der Waals surface area contributed by atoms with Crippen molar-refractivity contribution in [1.82, 2.24) is 9.97 Å². The molecule has 2 N–H and O–H groups in total. The normalized spacial score (nSPS) is 41.9. The summed E-state index contributed by atoms with van der Waals surface area (Å²) < 4.78 is 30.2. The number of nitrogens with zero attached hydrogens (tertiary/aromatic N) is 2. The van der Waals surface area contributed by atoms with Crippen LogP contribution in [0.4, 0.5) is 0 Å². The molecule has 0 saturated heterocycles. The quantitative estimate of drug-likeness (QED) is 0.343. The molecule has 0 bridgehead atoms. The molecule has 4 saturated carbocycles. The maximum absolute atomic E-state index is 12.4. The molecule has 4 fully saturated rings. The van der Waals surface area contributed by atoms with Gasteiger partial charge >= 0.3 is 5.97 Å². The van der Waals surface area contributed by atoms with Crippen LogP contribution in [0.15, 0.2) is 23.6 Å². The van der Waals surface area contributed by atoms with Crippen LogP contribution in [0.5, 0.6) is 0 Å². The lowest BCUT2D eigenvalue weighted by Gasteiger charge is -2.64. The Morgan fingerprint density at radius 2 is 1.73 bits per heavy atom. The first-order valence-electron chi connectivity index (χ1n) is 15.4. The number of hydrogen-bond donors (Lipinski definition) is 2. The summed E-state index contributed by atoms with van der Waals surface area (Å²) in [5.74, 6) is 1.20. The first-order chi connectivity index (χ1) is 18.9. The third-order valence-corrected chi connectivity index (χ3v) is 13.5. The van der Waals surface area contributed by atoms with Crippen molar-refractivity contribution in [1.29, 1.82) is 0 Å². The van der Waals surface area contributed by atoms with Crippen LogP contribution in [-0.2, 0) is 19.4 Å². The number of carbonyl (C=O) groups is 1. The van der Waals surface area contributed by atoms with E-state index >= 15 is 0 Å². The number of fused-ring (bicyclic) bond motifs is 5. The van der Waals surface area contributed by atoms with Gasteiger partial charge in [-0.25, -0.2) is 18.4 Å². The Hall–Kier alpha value is -1.58. The fourth-order valence-corrected chi connectivity index (χ4v) is 11.2. The Kier molecular flexibility index (Phi) is 8.41. The van der Waals surface area contributed by atoms with Gasteiger partial charge in [-0.05, 0) is 110 Å². The van der Waals surface area contributed by atoms with E-state index < -0.39 is 21.6 Å². The van der Waals surface area contributed by atoms with Crippen LogP contribution in [0.2, 0.25) is 0 Å². The highest BCUT2D eigenvalue weighted by molar-refractivity contribution is 7.91. The van der Waals surface area contributed by atoms with Gasteiger partial charge in [0.1, 0.15) is 0 Å². The van der Waals surface area contributed by atoms with E-state index in [1.807, 2.05) is 0 Å². The standard InChI is InChI=1S/C31H48N2O6S/c1-5-21-25-17-20(34)9-12-31(25,4)24-10-13-30(3)22(7-8-23(30)27(24)28(21)36)19(2)11-16-39-26(35)18-40(37,38)29-32-14-6-15-33-29/h6,14-15,19-25,27-28,34,36H,5,7-13,16-18H2,1-4H3/t19-,20-,21-,22-,23+,24+,25+,27+,28-,30-,31-/m1/s1. The Morgan fingerprint density at radius 3 is 2.42 bits per heavy atom. The zero-order chi connectivity index (χ0) is 28.9. The van der Waals surface area contributed by atoms with Gasteiger partial charge in [0, 0.05) is 12.4 Å². The van der Waals surface area contributed by atoms with Crippen molar-refractivity contribution in [3.8, 4) is 0 Å². The van der Waals surface area contributed by atoms with E-state index in [0.29, 0.717) is 41.9 Å². The maximum Gasteiger partial charge on any atom is 0.321 e. The molecule has 40 heavy (non-hydrogen) atoms. The molecule has 0 amide bonds. The van der Waals surface area contributed by atoms with Crippen molar-refractivity contribution < 1.29 is 28.2 Å². The minimum absolute atomic E-state index is 0.134. The molecule has 0 aromatic carbocycles. The van der Waals surface area contributed by atoms with Crippen LogP contribution in [0.3, 0.4) is 0 Å². The van der Waals surface area contributed by atoms with Crippen LogP contribution < -0.4 is 0 Å². The molecular formula is C31H48N2O6S. The second kappa shape index (κ2) is 11.3. The summed E-state index contributed by atoms with van der Waals surface area (Å²) >= 11 is 0. The molecule has 1 heterocycles. The first kappa shape index (κ1) is 29.9. The van der Waals surface area contributed by atoms with E-state index in [0.717, 1.165) is 51.4 Å². The summed E-state index contributed by atoms with van der Waals surface area (Å²) in [5.41, 5.74) is 0.323. The van der Waals surface area contributed by atoms with Crippen LogP contribution in [0, 0.1) is 52.3 Å². The fraction of sp³-hybridized carbons (Fsp3) is 0.839. The SMILES string of the molecule is CC[C@H]1[C@@H](O)[C@@H]2[C@H](CC[C@]3(C)[C@@H]([C@H](C)CCOC(=O)CS(=O)(=O)c4ncccn4)CC[C@@H]23)[C@@]2(C)CC[C@@H](O)C[C@@H]12. The number of aliphatic hydroxyl groups excluding tert-OH is 2. The van der Waals surface area contributed by atoms with E-state index in [1.165, 1.54) is 18.5 Å². The largest absolute Gasteiger partial charge is 0.465 e. The van der Waals surface area contributed by atoms with Crippen molar-refractivity contribution in [2.45, 2.75) is 103 Å². The van der Waals surface area contributed by atoms with Gasteiger partial charge in [0.2, 0.25) is 15.0 Å². The van der Waals surface area contributed by atoms with Crippen molar-refractivity contribution in [3.05, 3.63) is 18.5 Å². The summed E-state index contributed by atoms with van der Waals surface area (Å²) in [6, 6.07) is 1.52. The molecule has 4 aliphatic rings. The lowest BCUT2D eigenvalue weighted by Crippen LogP contribution is -2.62. The third kappa shape index (κ3) is 5.13. The highest BCUT2D eigenvalue weighted by Crippen LogP contribution is 2.69. The van der Waals surface area contributed by atoms with Gasteiger partial charge < -0.3 is 14.9 Å². The molecule has 1 aromatic rings. The van der Waals surface area contributed by atoms with Crippen LogP contribution >= 0.6 is 0 Å². The molecule has 5 rings (SSSR count). The number of esters is 1. The zero-order valence-electron chi connectivity index (χ0n) is 24.5. The number of carbonyl (C=O) groups excluding carboxylic acids is 1. The van der Waals surface area contributed by atoms with E-state index in [2.05, 4.69) is 37.7 Å². The minimum Gasteiger partial charge on any atom is -0.465 e. The Bertz CT molecular complexity index is 1160. The number of rotatable bonds is 8. The number of aromatic nitrogens is 2. The lowest BCUT2D eigenvalue weighted by molar-refractivity contribution is -0.203. The van der Waals surface area contributed by atoms with Gasteiger partial charge in [0.25, 0.3) is 0 Å². The molecular weight excluding hydrogens is 528 g/mol. The van der Waals surface area contributed by atoms with Gasteiger partial charge in [-0.1, -0.05) is 34.1 Å². The van der Waals surface area contributed by atoms with Gasteiger partial charge in [0.15, 0.2) is 5.75 Å². The van der Waals surface area contributed by atoms with Crippen LogP contribution in [0.25, 0.3) is 0 Å². The summed E-state index contributed by atoms with van der Waals surface area (Å²) in [4.78, 5) is 19.8. The van der Waals surface area contributed by atoms with E-state index in [-0.39, 0.29) is 40.7 Å². The average molecular weight is 577 g/mol. The topological polar surface area (TPSA) is 127 Å². The van der Waals surface area contributed by atoms with E-state index in [1.54, 1.807) is 0 Å². The number of sulfone groups is 1. The van der Waals surface area contributed by atoms with Crippen molar-refractivity contribution in [2.24, 2.45) is 52.3 Å². The highest BCUT2D eigenvalue weighted by Gasteiger charge is 2.64. The predicted octanol–water partition coefficient (Wildman–Crippen LogP) is 4.45. The second-order valence-electron chi connectivity index (χ2n) is 13.9. The molecule has 0 unspecified atom stereocenters. The monoisotopic (exact) mass is 576 g/mol. The molecule has 9 heteroatoms. The number of ether oxygens (including phenoxy) is 1. The van der Waals surface area contributed by atoms with Gasteiger partial charge in [0.05, 0.1) is 18.8 Å². The molecule has 1 aromatic heterocycles. The number of hydrogen-bond acceptors (Lipinski definition) is 8. The maximum atomic E-state index is 12.4. The average Bonchev–Trinajstić information content (AvgIpc) is 3.27. The minimum atomic E-state index is -3.93. The number of aliphatic hydroxyl groups is 2. The van der Waals surface area contributed by atoms with Crippen molar-refractivity contribution in [2.75, 3.05) is 12.4 Å². The van der Waals surface area contributed by atoms with Gasteiger partial charge in [-0.2, -0.15) is 0 Å². The smallest absolute Gasteiger partial charge is 0.321 e. The van der Waals surface area contributed by atoms with Crippen molar-refractivity contribution >= 4 is 15.8 Å². The molecule has 0 radical (unpaired) electrons. The molecule has 0 aliphatic heterocycles. The molecule has 0 spiro atoms. The third-order valence-electron chi connectivity index (χ3n) is 12.1. The van der Waals surface area contributed by atoms with Crippen molar-refractivity contribution in [3.63, 3.8) is 0 Å². The Balaban J connectivity index is 1.22.